The molecule has 0 aromatic heterocycles. The highest BCUT2D eigenvalue weighted by Crippen LogP contribution is 2.13. The maximum atomic E-state index is 10.4. The van der Waals surface area contributed by atoms with Gasteiger partial charge in [-0.25, -0.2) is 8.42 Å². The van der Waals surface area contributed by atoms with E-state index in [9.17, 15) is 13.0 Å². The van der Waals surface area contributed by atoms with Crippen molar-refractivity contribution in [3.8, 4) is 0 Å². The van der Waals surface area contributed by atoms with E-state index in [4.69, 9.17) is 9.47 Å². The van der Waals surface area contributed by atoms with Crippen molar-refractivity contribution < 1.29 is 22.4 Å². The number of methoxy groups -OCH3 is 2. The van der Waals surface area contributed by atoms with Crippen molar-refractivity contribution in [2.24, 2.45) is 5.92 Å². The van der Waals surface area contributed by atoms with Gasteiger partial charge >= 0.3 is 0 Å². The van der Waals surface area contributed by atoms with Crippen LogP contribution in [0.5, 0.6) is 0 Å². The standard InChI is InChI=1S/C9H20O5S/c1-8(4-5-15(10,11)12)6-9(14-3)7-13-2/h8-9H,4-7H2,1-3H3,(H,10,11,12)/p-1. The molecule has 0 amide bonds. The van der Waals surface area contributed by atoms with Gasteiger partial charge in [0.1, 0.15) is 0 Å². The molecular weight excluding hydrogens is 220 g/mol. The van der Waals surface area contributed by atoms with Gasteiger partial charge in [0, 0.05) is 20.0 Å². The van der Waals surface area contributed by atoms with Gasteiger partial charge in [-0.05, 0) is 18.8 Å². The number of rotatable bonds is 8. The van der Waals surface area contributed by atoms with Crippen LogP contribution in [0.25, 0.3) is 0 Å². The maximum Gasteiger partial charge on any atom is 0.0946 e. The van der Waals surface area contributed by atoms with Crippen LogP contribution < -0.4 is 0 Å². The Balaban J connectivity index is 3.85. The van der Waals surface area contributed by atoms with Crippen LogP contribution in [-0.4, -0.2) is 45.7 Å². The minimum Gasteiger partial charge on any atom is -0.748 e. The molecule has 0 spiro atoms. The summed E-state index contributed by atoms with van der Waals surface area (Å²) >= 11 is 0. The Bertz CT molecular complexity index is 249. The first kappa shape index (κ1) is 14.8. The highest BCUT2D eigenvalue weighted by Gasteiger charge is 2.13. The molecule has 0 fully saturated rings. The van der Waals surface area contributed by atoms with E-state index in [0.29, 0.717) is 19.4 Å². The van der Waals surface area contributed by atoms with Gasteiger partial charge < -0.3 is 14.0 Å². The quantitative estimate of drug-likeness (QED) is 0.580. The Morgan fingerprint density at radius 1 is 1.33 bits per heavy atom. The molecule has 0 bridgehead atoms. The lowest BCUT2D eigenvalue weighted by Crippen LogP contribution is -2.21. The summed E-state index contributed by atoms with van der Waals surface area (Å²) in [4.78, 5) is 0. The molecule has 0 saturated carbocycles. The van der Waals surface area contributed by atoms with Crippen molar-refractivity contribution >= 4 is 10.1 Å². The Morgan fingerprint density at radius 2 is 1.93 bits per heavy atom. The summed E-state index contributed by atoms with van der Waals surface area (Å²) in [5.41, 5.74) is 0. The zero-order valence-corrected chi connectivity index (χ0v) is 10.2. The zero-order valence-electron chi connectivity index (χ0n) is 9.43. The first-order chi connectivity index (χ1) is 6.89. The molecule has 0 saturated heterocycles. The predicted octanol–water partition coefficient (Wildman–Crippen LogP) is 0.609. The fraction of sp³-hybridized carbons (Fsp3) is 1.00. The van der Waals surface area contributed by atoms with Gasteiger partial charge in [0.15, 0.2) is 0 Å². The van der Waals surface area contributed by atoms with Gasteiger partial charge in [-0.3, -0.25) is 0 Å². The highest BCUT2D eigenvalue weighted by atomic mass is 32.2. The molecule has 0 aliphatic heterocycles. The molecule has 15 heavy (non-hydrogen) atoms. The van der Waals surface area contributed by atoms with Crippen LogP contribution in [-0.2, 0) is 19.6 Å². The third-order valence-corrected chi connectivity index (χ3v) is 2.95. The molecule has 2 atom stereocenters. The van der Waals surface area contributed by atoms with Gasteiger partial charge in [-0.2, -0.15) is 0 Å². The lowest BCUT2D eigenvalue weighted by molar-refractivity contribution is 0.0149. The molecule has 0 rings (SSSR count). The fourth-order valence-corrected chi connectivity index (χ4v) is 2.02. The number of hydrogen-bond donors (Lipinski definition) is 0. The van der Waals surface area contributed by atoms with Crippen LogP contribution in [0.2, 0.25) is 0 Å². The van der Waals surface area contributed by atoms with Gasteiger partial charge in [-0.1, -0.05) is 6.92 Å². The molecule has 0 N–H and O–H groups in total. The van der Waals surface area contributed by atoms with Crippen molar-refractivity contribution in [2.75, 3.05) is 26.6 Å². The van der Waals surface area contributed by atoms with E-state index < -0.39 is 10.1 Å². The van der Waals surface area contributed by atoms with Crippen LogP contribution in [0.4, 0.5) is 0 Å². The van der Waals surface area contributed by atoms with Crippen LogP contribution in [0.3, 0.4) is 0 Å². The summed E-state index contributed by atoms with van der Waals surface area (Å²) in [6, 6.07) is 0. The van der Waals surface area contributed by atoms with Gasteiger partial charge in [0.2, 0.25) is 0 Å². The molecular formula is C9H19O5S-. The minimum atomic E-state index is -4.10. The number of ether oxygens (including phenoxy) is 2. The van der Waals surface area contributed by atoms with E-state index in [1.54, 1.807) is 14.2 Å². The molecule has 5 nitrogen and oxygen atoms in total. The summed E-state index contributed by atoms with van der Waals surface area (Å²) in [6.07, 6.45) is 1.02. The second-order valence-electron chi connectivity index (χ2n) is 3.70. The molecule has 6 heteroatoms. The molecule has 0 aromatic carbocycles. The van der Waals surface area contributed by atoms with Gasteiger partial charge in [0.05, 0.1) is 22.8 Å². The lowest BCUT2D eigenvalue weighted by Gasteiger charge is -2.19. The molecule has 0 aliphatic carbocycles. The Morgan fingerprint density at radius 3 is 2.33 bits per heavy atom. The summed E-state index contributed by atoms with van der Waals surface area (Å²) in [7, 11) is -0.930. The molecule has 0 aromatic rings. The average molecular weight is 239 g/mol. The Labute approximate surface area is 91.5 Å². The number of hydrogen-bond acceptors (Lipinski definition) is 5. The molecule has 0 aliphatic rings. The molecule has 2 unspecified atom stereocenters. The largest absolute Gasteiger partial charge is 0.748 e. The second-order valence-corrected chi connectivity index (χ2v) is 5.23. The first-order valence-corrected chi connectivity index (χ1v) is 6.42. The van der Waals surface area contributed by atoms with E-state index in [2.05, 4.69) is 0 Å². The van der Waals surface area contributed by atoms with Crippen LogP contribution in [0, 0.1) is 5.92 Å². The van der Waals surface area contributed by atoms with Gasteiger partial charge in [-0.15, -0.1) is 0 Å². The summed E-state index contributed by atoms with van der Waals surface area (Å²) in [5, 5.41) is 0. The van der Waals surface area contributed by atoms with E-state index in [-0.39, 0.29) is 17.8 Å². The summed E-state index contributed by atoms with van der Waals surface area (Å²) in [6.45, 7) is 2.37. The lowest BCUT2D eigenvalue weighted by atomic mass is 10.0. The van der Waals surface area contributed by atoms with Crippen LogP contribution >= 0.6 is 0 Å². The van der Waals surface area contributed by atoms with Crippen molar-refractivity contribution in [2.45, 2.75) is 25.9 Å². The van der Waals surface area contributed by atoms with E-state index >= 15 is 0 Å². The molecule has 92 valence electrons. The van der Waals surface area contributed by atoms with Crippen molar-refractivity contribution in [3.05, 3.63) is 0 Å². The average Bonchev–Trinajstić information content (AvgIpc) is 2.13. The topological polar surface area (TPSA) is 75.7 Å². The summed E-state index contributed by atoms with van der Waals surface area (Å²) in [5.74, 6) is -0.175. The van der Waals surface area contributed by atoms with E-state index in [0.717, 1.165) is 0 Å². The van der Waals surface area contributed by atoms with Gasteiger partial charge in [0.25, 0.3) is 0 Å². The Hall–Kier alpha value is -0.170. The van der Waals surface area contributed by atoms with Crippen molar-refractivity contribution in [3.63, 3.8) is 0 Å². The van der Waals surface area contributed by atoms with Crippen LogP contribution in [0.1, 0.15) is 19.8 Å². The highest BCUT2D eigenvalue weighted by molar-refractivity contribution is 7.85. The third-order valence-electron chi connectivity index (χ3n) is 2.21. The zero-order chi connectivity index (χ0) is 11.9. The predicted molar refractivity (Wildman–Crippen MR) is 55.6 cm³/mol. The second kappa shape index (κ2) is 7.16. The van der Waals surface area contributed by atoms with E-state index in [1.165, 1.54) is 0 Å². The molecule has 0 heterocycles. The first-order valence-electron chi connectivity index (χ1n) is 4.84. The monoisotopic (exact) mass is 239 g/mol. The maximum absolute atomic E-state index is 10.4. The Kier molecular flexibility index (Phi) is 7.08. The third kappa shape index (κ3) is 8.80. The normalized spacial score (nSPS) is 16.3. The fourth-order valence-electron chi connectivity index (χ4n) is 1.33. The summed E-state index contributed by atoms with van der Waals surface area (Å²) < 4.78 is 41.3. The van der Waals surface area contributed by atoms with Crippen molar-refractivity contribution in [1.29, 1.82) is 0 Å². The van der Waals surface area contributed by atoms with Crippen molar-refractivity contribution in [1.82, 2.24) is 0 Å². The molecule has 0 radical (unpaired) electrons. The van der Waals surface area contributed by atoms with E-state index in [1.807, 2.05) is 6.92 Å². The minimum absolute atomic E-state index is 0.0423. The smallest absolute Gasteiger partial charge is 0.0946 e. The van der Waals surface area contributed by atoms with Crippen LogP contribution in [0.15, 0.2) is 0 Å². The SMILES string of the molecule is COCC(CC(C)CCS(=O)(=O)[O-])OC.